The van der Waals surface area contributed by atoms with Gasteiger partial charge in [0.1, 0.15) is 0 Å². The Bertz CT molecular complexity index is 1890. The maximum absolute atomic E-state index is 11.3. The highest BCUT2D eigenvalue weighted by atomic mass is 17.1. The first-order valence-electron chi connectivity index (χ1n) is 15.0. The number of aromatic amines is 4. The molecule has 4 rings (SSSR count). The molecule has 0 fully saturated rings. The van der Waals surface area contributed by atoms with Crippen LogP contribution in [0.3, 0.4) is 0 Å². The van der Waals surface area contributed by atoms with Gasteiger partial charge in [-0.3, -0.25) is 10.1 Å². The number of carboxylic acids is 1. The topological polar surface area (TPSA) is 130 Å². The number of aromatic nitrogens is 4. The molecule has 0 unspecified atom stereocenters. The van der Waals surface area contributed by atoms with Gasteiger partial charge in [-0.2, -0.15) is 0 Å². The van der Waals surface area contributed by atoms with Crippen LogP contribution < -0.4 is 21.4 Å². The highest BCUT2D eigenvalue weighted by molar-refractivity contribution is 5.68. The number of carbonyl (C=O) groups is 1. The average Bonchev–Trinajstić information content (AvgIpc) is 3.67. The van der Waals surface area contributed by atoms with E-state index in [-0.39, 0.29) is 13.0 Å². The molecule has 4 aromatic heterocycles. The fourth-order valence-corrected chi connectivity index (χ4v) is 6.07. The van der Waals surface area contributed by atoms with Crippen molar-refractivity contribution in [3.8, 4) is 0 Å². The smallest absolute Gasteiger partial charge is 0.303 e. The molecule has 0 aliphatic heterocycles. The van der Waals surface area contributed by atoms with Crippen LogP contribution in [0.1, 0.15) is 88.3 Å². The highest BCUT2D eigenvalue weighted by Crippen LogP contribution is 2.21. The lowest BCUT2D eigenvalue weighted by Gasteiger charge is -2.02. The maximum atomic E-state index is 11.3. The van der Waals surface area contributed by atoms with Gasteiger partial charge in [-0.1, -0.05) is 20.4 Å². The minimum atomic E-state index is -0.815. The molecular formula is C35H44N4O4. The van der Waals surface area contributed by atoms with Crippen LogP contribution in [-0.4, -0.2) is 42.9 Å². The van der Waals surface area contributed by atoms with Gasteiger partial charge in [0.15, 0.2) is 0 Å². The predicted molar refractivity (Wildman–Crippen MR) is 172 cm³/mol. The van der Waals surface area contributed by atoms with Crippen molar-refractivity contribution >= 4 is 29.9 Å². The number of carboxylic acid groups (broad SMARTS) is 1. The zero-order valence-electron chi connectivity index (χ0n) is 26.2. The standard InChI is InChI=1S/C35H44N4O4/c1-8-24-21(5)31(37-28(24)10-3)17-33-25(9-2)22(6)29(38-33)16-30-23(7)27(12-11-15-43-42)34(39-30)18-32-26(13-14-35(40)41)20(4)19-36-32/h16-19,36-39,42H,3,8-9,11-15H2,1-2,4-7H3,(H,40,41). The summed E-state index contributed by atoms with van der Waals surface area (Å²) in [4.78, 5) is 29.7. The molecule has 0 aliphatic rings. The Morgan fingerprint density at radius 2 is 1.49 bits per heavy atom. The fourth-order valence-electron chi connectivity index (χ4n) is 6.07. The number of aliphatic carboxylic acids is 1. The molecule has 0 aliphatic carbocycles. The normalized spacial score (nSPS) is 13.0. The largest absolute Gasteiger partial charge is 0.481 e. The van der Waals surface area contributed by atoms with Crippen LogP contribution in [0.25, 0.3) is 24.0 Å². The van der Waals surface area contributed by atoms with Crippen molar-refractivity contribution in [2.45, 2.75) is 80.1 Å². The molecule has 43 heavy (non-hydrogen) atoms. The van der Waals surface area contributed by atoms with Crippen molar-refractivity contribution in [1.29, 1.82) is 0 Å². The van der Waals surface area contributed by atoms with Crippen LogP contribution in [-0.2, 0) is 35.4 Å². The fraction of sp³-hybridized carbons (Fsp3) is 0.371. The molecule has 0 atom stereocenters. The van der Waals surface area contributed by atoms with E-state index in [1.54, 1.807) is 0 Å². The van der Waals surface area contributed by atoms with Gasteiger partial charge in [-0.05, 0) is 123 Å². The molecule has 4 aromatic rings. The predicted octanol–water partition coefficient (Wildman–Crippen LogP) is 3.85. The number of hydrogen-bond acceptors (Lipinski definition) is 3. The number of aryl methyl sites for hydroxylation is 1. The van der Waals surface area contributed by atoms with E-state index in [4.69, 9.17) is 5.26 Å². The molecule has 0 bridgehead atoms. The zero-order chi connectivity index (χ0) is 31.3. The van der Waals surface area contributed by atoms with Crippen LogP contribution in [0.5, 0.6) is 0 Å². The van der Waals surface area contributed by atoms with Gasteiger partial charge in [0, 0.05) is 45.7 Å². The molecular weight excluding hydrogens is 540 g/mol. The summed E-state index contributed by atoms with van der Waals surface area (Å²) < 4.78 is 0. The lowest BCUT2D eigenvalue weighted by atomic mass is 10.0. The minimum Gasteiger partial charge on any atom is -0.481 e. The van der Waals surface area contributed by atoms with Gasteiger partial charge >= 0.3 is 5.97 Å². The quantitative estimate of drug-likeness (QED) is 0.0858. The first-order valence-corrected chi connectivity index (χ1v) is 15.0. The summed E-state index contributed by atoms with van der Waals surface area (Å²) >= 11 is 0. The summed E-state index contributed by atoms with van der Waals surface area (Å²) in [5, 5.41) is 22.1. The molecule has 0 aromatic carbocycles. The molecule has 8 nitrogen and oxygen atoms in total. The van der Waals surface area contributed by atoms with Crippen LogP contribution in [0.15, 0.2) is 12.8 Å². The Morgan fingerprint density at radius 1 is 0.837 bits per heavy atom. The average molecular weight is 585 g/mol. The van der Waals surface area contributed by atoms with Crippen molar-refractivity contribution in [3.63, 3.8) is 0 Å². The highest BCUT2D eigenvalue weighted by Gasteiger charge is 2.14. The summed E-state index contributed by atoms with van der Waals surface area (Å²) in [5.74, 6) is -0.815. The van der Waals surface area contributed by atoms with Gasteiger partial charge in [-0.15, -0.1) is 5.73 Å². The zero-order valence-corrected chi connectivity index (χ0v) is 26.2. The summed E-state index contributed by atoms with van der Waals surface area (Å²) in [5.41, 5.74) is 15.3. The molecule has 0 amide bonds. The van der Waals surface area contributed by atoms with E-state index in [0.29, 0.717) is 19.3 Å². The third-order valence-electron chi connectivity index (χ3n) is 8.57. The van der Waals surface area contributed by atoms with Crippen LogP contribution in [0, 0.1) is 27.7 Å². The van der Waals surface area contributed by atoms with E-state index >= 15 is 0 Å². The van der Waals surface area contributed by atoms with E-state index < -0.39 is 5.97 Å². The van der Waals surface area contributed by atoms with Gasteiger partial charge in [0.2, 0.25) is 0 Å². The van der Waals surface area contributed by atoms with Crippen LogP contribution >= 0.6 is 0 Å². The van der Waals surface area contributed by atoms with Gasteiger partial charge < -0.3 is 25.0 Å². The van der Waals surface area contributed by atoms with Gasteiger partial charge in [0.05, 0.1) is 12.0 Å². The lowest BCUT2D eigenvalue weighted by molar-refractivity contribution is -0.242. The molecule has 0 spiro atoms. The van der Waals surface area contributed by atoms with E-state index in [9.17, 15) is 9.90 Å². The Morgan fingerprint density at radius 3 is 2.12 bits per heavy atom. The van der Waals surface area contributed by atoms with Crippen molar-refractivity contribution in [1.82, 2.24) is 19.9 Å². The third kappa shape index (κ3) is 6.73. The second-order valence-corrected chi connectivity index (χ2v) is 11.1. The van der Waals surface area contributed by atoms with Crippen molar-refractivity contribution in [3.05, 3.63) is 95.8 Å². The Balaban J connectivity index is 1.87. The summed E-state index contributed by atoms with van der Waals surface area (Å²) in [6, 6.07) is 0. The molecule has 6 N–H and O–H groups in total. The van der Waals surface area contributed by atoms with Gasteiger partial charge in [-0.25, -0.2) is 4.89 Å². The Kier molecular flexibility index (Phi) is 10.2. The number of rotatable bonds is 12. The number of hydrogen-bond donors (Lipinski definition) is 6. The van der Waals surface area contributed by atoms with Crippen molar-refractivity contribution in [2.75, 3.05) is 6.61 Å². The van der Waals surface area contributed by atoms with Crippen LogP contribution in [0.4, 0.5) is 0 Å². The van der Waals surface area contributed by atoms with Gasteiger partial charge in [0.25, 0.3) is 0 Å². The van der Waals surface area contributed by atoms with Crippen molar-refractivity contribution in [2.24, 2.45) is 0 Å². The lowest BCUT2D eigenvalue weighted by Crippen LogP contribution is -2.13. The SMILES string of the molecule is C=C=c1[nH]c(=Cc2[nH]c(C=c3[nH]c(=Cc4[nH]cc(C)c4CCC(=O)O)c(CCCOO)c3C)c(C)c2CC)c(C)c1CC. The third-order valence-corrected chi connectivity index (χ3v) is 8.57. The molecule has 8 heteroatoms. The molecule has 228 valence electrons. The van der Waals surface area contributed by atoms with E-state index in [0.717, 1.165) is 73.6 Å². The second kappa shape index (κ2) is 13.8. The first-order chi connectivity index (χ1) is 20.6. The van der Waals surface area contributed by atoms with E-state index in [1.165, 1.54) is 22.3 Å². The molecule has 4 heterocycles. The second-order valence-electron chi connectivity index (χ2n) is 11.1. The van der Waals surface area contributed by atoms with Crippen LogP contribution in [0.2, 0.25) is 0 Å². The minimum absolute atomic E-state index is 0.0726. The first kappa shape index (κ1) is 31.7. The molecule has 0 saturated carbocycles. The molecule has 0 radical (unpaired) electrons. The Labute approximate surface area is 252 Å². The number of nitrogens with one attached hydrogen (secondary N) is 4. The Hall–Kier alpha value is -4.23. The monoisotopic (exact) mass is 584 g/mol. The van der Waals surface area contributed by atoms with E-state index in [2.05, 4.69) is 90.0 Å². The summed E-state index contributed by atoms with van der Waals surface area (Å²) in [6.07, 6.45) is 12.0. The maximum Gasteiger partial charge on any atom is 0.303 e. The number of H-pyrrole nitrogens is 4. The van der Waals surface area contributed by atoms with Crippen molar-refractivity contribution < 1.29 is 20.0 Å². The summed E-state index contributed by atoms with van der Waals surface area (Å²) in [6.45, 7) is 16.8. The summed E-state index contributed by atoms with van der Waals surface area (Å²) in [7, 11) is 0. The van der Waals surface area contributed by atoms with E-state index in [1.807, 2.05) is 13.1 Å². The molecule has 0 saturated heterocycles.